The molecule has 2 heterocycles. The average molecular weight is 366 g/mol. The quantitative estimate of drug-likeness (QED) is 0.520. The lowest BCUT2D eigenvalue weighted by Gasteiger charge is -2.12. The van der Waals surface area contributed by atoms with Crippen molar-refractivity contribution in [1.29, 1.82) is 0 Å². The fraction of sp³-hybridized carbons (Fsp3) is 0.250. The molecule has 0 fully saturated rings. The third-order valence-electron chi connectivity index (χ3n) is 4.02. The first-order valence-corrected chi connectivity index (χ1v) is 8.86. The zero-order valence-corrected chi connectivity index (χ0v) is 15.5. The fourth-order valence-corrected chi connectivity index (χ4v) is 2.57. The van der Waals surface area contributed by atoms with E-state index >= 15 is 0 Å². The van der Waals surface area contributed by atoms with Crippen LogP contribution in [0.4, 0.5) is 4.39 Å². The van der Waals surface area contributed by atoms with E-state index < -0.39 is 0 Å². The Hall–Kier alpha value is -3.22. The lowest BCUT2D eigenvalue weighted by molar-refractivity contribution is 0.617. The lowest BCUT2D eigenvalue weighted by Crippen LogP contribution is -2.36. The van der Waals surface area contributed by atoms with Crippen LogP contribution in [0.15, 0.2) is 60.2 Å². The van der Waals surface area contributed by atoms with Crippen LogP contribution in [-0.4, -0.2) is 27.0 Å². The van der Waals surface area contributed by atoms with E-state index in [1.54, 1.807) is 25.5 Å². The highest BCUT2D eigenvalue weighted by Crippen LogP contribution is 2.09. The highest BCUT2D eigenvalue weighted by Gasteiger charge is 2.02. The Morgan fingerprint density at radius 2 is 2.04 bits per heavy atom. The number of imidazole rings is 1. The number of aliphatic imine (C=N–C) groups is 1. The standard InChI is InChI=1S/C20H23FN6/c1-3-23-20(25-11-16-4-6-18(21)15(2)10-16)26-13-17-5-7-19(24-12-17)27-9-8-22-14-27/h4-10,12,14H,3,11,13H2,1-2H3,(H2,23,25,26). The molecule has 0 radical (unpaired) electrons. The number of aromatic nitrogens is 3. The summed E-state index contributed by atoms with van der Waals surface area (Å²) in [7, 11) is 0. The summed E-state index contributed by atoms with van der Waals surface area (Å²) in [5.74, 6) is 1.33. The summed E-state index contributed by atoms with van der Waals surface area (Å²) in [6.07, 6.45) is 7.09. The van der Waals surface area contributed by atoms with Crippen molar-refractivity contribution in [3.8, 4) is 5.82 Å². The van der Waals surface area contributed by atoms with E-state index in [1.165, 1.54) is 6.07 Å². The number of rotatable bonds is 6. The first-order chi connectivity index (χ1) is 13.2. The summed E-state index contributed by atoms with van der Waals surface area (Å²) >= 11 is 0. The SMILES string of the molecule is CCNC(=NCc1ccc(-n2ccnc2)nc1)NCc1ccc(F)c(C)c1. The second-order valence-corrected chi connectivity index (χ2v) is 6.13. The van der Waals surface area contributed by atoms with Gasteiger partial charge < -0.3 is 10.6 Å². The van der Waals surface area contributed by atoms with Gasteiger partial charge >= 0.3 is 0 Å². The Labute approximate surface area is 158 Å². The maximum Gasteiger partial charge on any atom is 0.191 e. The molecule has 0 spiro atoms. The molecule has 0 saturated carbocycles. The van der Waals surface area contributed by atoms with E-state index in [9.17, 15) is 4.39 Å². The van der Waals surface area contributed by atoms with Crippen molar-refractivity contribution in [1.82, 2.24) is 25.2 Å². The van der Waals surface area contributed by atoms with Crippen LogP contribution in [0.2, 0.25) is 0 Å². The number of hydrogen-bond acceptors (Lipinski definition) is 3. The molecule has 2 N–H and O–H groups in total. The van der Waals surface area contributed by atoms with Crippen molar-refractivity contribution in [3.63, 3.8) is 0 Å². The van der Waals surface area contributed by atoms with Gasteiger partial charge in [0.25, 0.3) is 0 Å². The zero-order chi connectivity index (χ0) is 19.1. The Bertz CT molecular complexity index is 887. The van der Waals surface area contributed by atoms with E-state index in [1.807, 2.05) is 42.1 Å². The summed E-state index contributed by atoms with van der Waals surface area (Å²) in [5.41, 5.74) is 2.65. The number of nitrogens with one attached hydrogen (secondary N) is 2. The third-order valence-corrected chi connectivity index (χ3v) is 4.02. The topological polar surface area (TPSA) is 67.1 Å². The van der Waals surface area contributed by atoms with Gasteiger partial charge in [-0.25, -0.2) is 19.4 Å². The summed E-state index contributed by atoms with van der Waals surface area (Å²) in [6, 6.07) is 9.04. The Morgan fingerprint density at radius 3 is 2.70 bits per heavy atom. The summed E-state index contributed by atoms with van der Waals surface area (Å²) < 4.78 is 15.2. The Balaban J connectivity index is 1.62. The van der Waals surface area contributed by atoms with Crippen molar-refractivity contribution in [2.75, 3.05) is 6.54 Å². The molecule has 0 bridgehead atoms. The highest BCUT2D eigenvalue weighted by molar-refractivity contribution is 5.79. The lowest BCUT2D eigenvalue weighted by atomic mass is 10.1. The molecule has 27 heavy (non-hydrogen) atoms. The Kier molecular flexibility index (Phi) is 6.14. The van der Waals surface area contributed by atoms with Gasteiger partial charge in [0.1, 0.15) is 18.0 Å². The molecule has 2 aromatic heterocycles. The van der Waals surface area contributed by atoms with Gasteiger partial charge in [0.2, 0.25) is 0 Å². The summed E-state index contributed by atoms with van der Waals surface area (Å²) in [6.45, 7) is 5.62. The molecule has 1 aromatic carbocycles. The molecule has 0 aliphatic carbocycles. The number of guanidine groups is 1. The molecular formula is C20H23FN6. The molecule has 6 nitrogen and oxygen atoms in total. The van der Waals surface area contributed by atoms with E-state index in [0.29, 0.717) is 24.6 Å². The molecule has 0 amide bonds. The monoisotopic (exact) mass is 366 g/mol. The van der Waals surface area contributed by atoms with Crippen LogP contribution < -0.4 is 10.6 Å². The van der Waals surface area contributed by atoms with Crippen LogP contribution in [0, 0.1) is 12.7 Å². The van der Waals surface area contributed by atoms with Crippen LogP contribution in [0.3, 0.4) is 0 Å². The predicted octanol–water partition coefficient (Wildman–Crippen LogP) is 2.97. The first-order valence-electron chi connectivity index (χ1n) is 8.86. The van der Waals surface area contributed by atoms with Crippen molar-refractivity contribution >= 4 is 5.96 Å². The minimum atomic E-state index is -0.189. The molecule has 3 rings (SSSR count). The van der Waals surface area contributed by atoms with Crippen LogP contribution in [0.5, 0.6) is 0 Å². The highest BCUT2D eigenvalue weighted by atomic mass is 19.1. The largest absolute Gasteiger partial charge is 0.357 e. The molecule has 7 heteroatoms. The van der Waals surface area contributed by atoms with Crippen LogP contribution in [0.25, 0.3) is 5.82 Å². The second-order valence-electron chi connectivity index (χ2n) is 6.13. The molecule has 0 aliphatic rings. The molecule has 0 unspecified atom stereocenters. The van der Waals surface area contributed by atoms with Gasteiger partial charge in [-0.1, -0.05) is 18.2 Å². The zero-order valence-electron chi connectivity index (χ0n) is 15.5. The van der Waals surface area contributed by atoms with E-state index in [2.05, 4.69) is 25.6 Å². The van der Waals surface area contributed by atoms with Gasteiger partial charge in [0.05, 0.1) is 6.54 Å². The predicted molar refractivity (Wildman–Crippen MR) is 104 cm³/mol. The smallest absolute Gasteiger partial charge is 0.191 e. The van der Waals surface area contributed by atoms with Crippen LogP contribution in [0.1, 0.15) is 23.6 Å². The van der Waals surface area contributed by atoms with Gasteiger partial charge in [0, 0.05) is 31.7 Å². The Morgan fingerprint density at radius 1 is 1.19 bits per heavy atom. The number of nitrogens with zero attached hydrogens (tertiary/aromatic N) is 4. The van der Waals surface area contributed by atoms with Gasteiger partial charge in [-0.2, -0.15) is 0 Å². The second kappa shape index (κ2) is 8.93. The van der Waals surface area contributed by atoms with E-state index in [0.717, 1.165) is 23.5 Å². The third kappa shape index (κ3) is 5.13. The number of hydrogen-bond donors (Lipinski definition) is 2. The van der Waals surface area contributed by atoms with Gasteiger partial charge in [-0.15, -0.1) is 0 Å². The van der Waals surface area contributed by atoms with Crippen molar-refractivity contribution in [3.05, 3.63) is 77.8 Å². The summed E-state index contributed by atoms with van der Waals surface area (Å²) in [5, 5.41) is 6.49. The van der Waals surface area contributed by atoms with Gasteiger partial charge in [-0.3, -0.25) is 4.57 Å². The normalized spacial score (nSPS) is 11.4. The molecule has 0 atom stereocenters. The number of aryl methyl sites for hydroxylation is 1. The fourth-order valence-electron chi connectivity index (χ4n) is 2.57. The minimum Gasteiger partial charge on any atom is -0.357 e. The minimum absolute atomic E-state index is 0.189. The van der Waals surface area contributed by atoms with Crippen molar-refractivity contribution in [2.24, 2.45) is 4.99 Å². The number of pyridine rings is 1. The van der Waals surface area contributed by atoms with Crippen LogP contribution >= 0.6 is 0 Å². The van der Waals surface area contributed by atoms with E-state index in [4.69, 9.17) is 0 Å². The van der Waals surface area contributed by atoms with Crippen molar-refractivity contribution in [2.45, 2.75) is 26.9 Å². The molecule has 0 saturated heterocycles. The summed E-state index contributed by atoms with van der Waals surface area (Å²) in [4.78, 5) is 13.0. The first kappa shape index (κ1) is 18.6. The van der Waals surface area contributed by atoms with Gasteiger partial charge in [-0.05, 0) is 42.7 Å². The van der Waals surface area contributed by atoms with Crippen molar-refractivity contribution < 1.29 is 4.39 Å². The number of benzene rings is 1. The molecule has 3 aromatic rings. The molecular weight excluding hydrogens is 343 g/mol. The molecule has 0 aliphatic heterocycles. The van der Waals surface area contributed by atoms with Gasteiger partial charge in [0.15, 0.2) is 5.96 Å². The van der Waals surface area contributed by atoms with Crippen LogP contribution in [-0.2, 0) is 13.1 Å². The molecule has 140 valence electrons. The number of halogens is 1. The van der Waals surface area contributed by atoms with E-state index in [-0.39, 0.29) is 5.82 Å². The maximum absolute atomic E-state index is 13.4. The maximum atomic E-state index is 13.4. The average Bonchev–Trinajstić information content (AvgIpc) is 3.22.